The van der Waals surface area contributed by atoms with E-state index >= 15 is 0 Å². The number of aromatic nitrogens is 2. The molecule has 3 aromatic rings. The van der Waals surface area contributed by atoms with Gasteiger partial charge >= 0.3 is 0 Å². The Bertz CT molecular complexity index is 856. The van der Waals surface area contributed by atoms with Crippen molar-refractivity contribution < 1.29 is 4.39 Å². The number of hydrogen-bond donors (Lipinski definition) is 2. The predicted octanol–water partition coefficient (Wildman–Crippen LogP) is 4.58. The molecule has 0 aliphatic carbocycles. The smallest absolute Gasteiger partial charge is 0.224 e. The van der Waals surface area contributed by atoms with Crippen LogP contribution in [0.15, 0.2) is 60.8 Å². The molecule has 0 saturated heterocycles. The minimum Gasteiger partial charge on any atom is -0.370 e. The molecule has 2 N–H and O–H groups in total. The van der Waals surface area contributed by atoms with Gasteiger partial charge < -0.3 is 10.6 Å². The van der Waals surface area contributed by atoms with Crippen molar-refractivity contribution in [2.75, 3.05) is 23.7 Å². The quantitative estimate of drug-likeness (QED) is 0.609. The van der Waals surface area contributed by atoms with Crippen LogP contribution in [0, 0.1) is 5.82 Å². The van der Waals surface area contributed by atoms with E-state index in [4.69, 9.17) is 11.6 Å². The molecule has 0 atom stereocenters. The number of rotatable bonds is 8. The maximum atomic E-state index is 13.6. The summed E-state index contributed by atoms with van der Waals surface area (Å²) in [4.78, 5) is 8.62. The fourth-order valence-electron chi connectivity index (χ4n) is 2.58. The summed E-state index contributed by atoms with van der Waals surface area (Å²) in [6.07, 6.45) is 3.11. The van der Waals surface area contributed by atoms with Gasteiger partial charge in [-0.25, -0.2) is 9.37 Å². The lowest BCUT2D eigenvalue weighted by molar-refractivity contribution is 0.610. The van der Waals surface area contributed by atoms with Gasteiger partial charge in [-0.3, -0.25) is 0 Å². The van der Waals surface area contributed by atoms with Gasteiger partial charge in [-0.1, -0.05) is 41.9 Å². The lowest BCUT2D eigenvalue weighted by Crippen LogP contribution is -2.11. The largest absolute Gasteiger partial charge is 0.370 e. The Labute approximate surface area is 157 Å². The minimum absolute atomic E-state index is 0.188. The first-order valence-electron chi connectivity index (χ1n) is 8.49. The minimum atomic E-state index is -0.188. The van der Waals surface area contributed by atoms with Crippen molar-refractivity contribution in [1.29, 1.82) is 0 Å². The standard InChI is InChI=1S/C20H20ClFN4/c21-17-6-3-4-15(14-17)8-11-23-19-10-13-25-20(26-19)24-12-9-16-5-1-2-7-18(16)22/h1-7,10,13-14H,8-9,11-12H2,(H2,23,24,25,26). The van der Waals surface area contributed by atoms with E-state index in [1.807, 2.05) is 36.4 Å². The fraction of sp³-hybridized carbons (Fsp3) is 0.200. The molecule has 0 amide bonds. The zero-order valence-electron chi connectivity index (χ0n) is 14.3. The second kappa shape index (κ2) is 9.15. The van der Waals surface area contributed by atoms with E-state index in [0.29, 0.717) is 24.5 Å². The van der Waals surface area contributed by atoms with Crippen LogP contribution in [0.2, 0.25) is 5.02 Å². The normalized spacial score (nSPS) is 10.5. The Hall–Kier alpha value is -2.66. The monoisotopic (exact) mass is 370 g/mol. The zero-order valence-corrected chi connectivity index (χ0v) is 15.0. The van der Waals surface area contributed by atoms with Crippen molar-refractivity contribution in [3.8, 4) is 0 Å². The van der Waals surface area contributed by atoms with Crippen molar-refractivity contribution in [1.82, 2.24) is 9.97 Å². The van der Waals surface area contributed by atoms with Gasteiger partial charge in [0.1, 0.15) is 11.6 Å². The highest BCUT2D eigenvalue weighted by Gasteiger charge is 2.02. The average molecular weight is 371 g/mol. The molecule has 6 heteroatoms. The molecular weight excluding hydrogens is 351 g/mol. The van der Waals surface area contributed by atoms with Crippen LogP contribution in [-0.4, -0.2) is 23.1 Å². The summed E-state index contributed by atoms with van der Waals surface area (Å²) in [6, 6.07) is 16.4. The third kappa shape index (κ3) is 5.43. The van der Waals surface area contributed by atoms with Crippen molar-refractivity contribution >= 4 is 23.4 Å². The molecule has 0 saturated carbocycles. The van der Waals surface area contributed by atoms with Crippen LogP contribution in [0.25, 0.3) is 0 Å². The second-order valence-corrected chi connectivity index (χ2v) is 6.28. The van der Waals surface area contributed by atoms with Crippen LogP contribution in [0.5, 0.6) is 0 Å². The van der Waals surface area contributed by atoms with Crippen LogP contribution in [-0.2, 0) is 12.8 Å². The molecule has 26 heavy (non-hydrogen) atoms. The number of nitrogens with one attached hydrogen (secondary N) is 2. The summed E-state index contributed by atoms with van der Waals surface area (Å²) in [5, 5.41) is 7.15. The highest BCUT2D eigenvalue weighted by molar-refractivity contribution is 6.30. The van der Waals surface area contributed by atoms with Gasteiger partial charge in [0, 0.05) is 24.3 Å². The van der Waals surface area contributed by atoms with Crippen molar-refractivity contribution in [3.05, 3.63) is 82.8 Å². The fourth-order valence-corrected chi connectivity index (χ4v) is 2.79. The molecule has 0 aliphatic rings. The van der Waals surface area contributed by atoms with E-state index in [0.717, 1.165) is 23.8 Å². The van der Waals surface area contributed by atoms with Crippen molar-refractivity contribution in [3.63, 3.8) is 0 Å². The number of benzene rings is 2. The predicted molar refractivity (Wildman–Crippen MR) is 104 cm³/mol. The van der Waals surface area contributed by atoms with Gasteiger partial charge in [-0.05, 0) is 48.2 Å². The van der Waals surface area contributed by atoms with E-state index in [-0.39, 0.29) is 5.82 Å². The lowest BCUT2D eigenvalue weighted by atomic mass is 10.1. The Morgan fingerprint density at radius 2 is 1.77 bits per heavy atom. The van der Waals surface area contributed by atoms with Crippen LogP contribution in [0.3, 0.4) is 0 Å². The molecule has 2 aromatic carbocycles. The maximum absolute atomic E-state index is 13.6. The molecule has 0 radical (unpaired) electrons. The SMILES string of the molecule is Fc1ccccc1CCNc1nccc(NCCc2cccc(Cl)c2)n1. The molecule has 0 unspecified atom stereocenters. The van der Waals surface area contributed by atoms with Gasteiger partial charge in [0.15, 0.2) is 0 Å². The van der Waals surface area contributed by atoms with Crippen LogP contribution < -0.4 is 10.6 Å². The summed E-state index contributed by atoms with van der Waals surface area (Å²) < 4.78 is 13.6. The van der Waals surface area contributed by atoms with Gasteiger partial charge in [-0.15, -0.1) is 0 Å². The second-order valence-electron chi connectivity index (χ2n) is 5.84. The molecule has 1 heterocycles. The van der Waals surface area contributed by atoms with E-state index in [2.05, 4.69) is 20.6 Å². The number of hydrogen-bond acceptors (Lipinski definition) is 4. The summed E-state index contributed by atoms with van der Waals surface area (Å²) in [5.41, 5.74) is 1.85. The Balaban J connectivity index is 1.47. The van der Waals surface area contributed by atoms with E-state index in [1.54, 1.807) is 18.3 Å². The topological polar surface area (TPSA) is 49.8 Å². The van der Waals surface area contributed by atoms with E-state index < -0.39 is 0 Å². The van der Waals surface area contributed by atoms with Gasteiger partial charge in [0.2, 0.25) is 5.95 Å². The third-order valence-electron chi connectivity index (χ3n) is 3.90. The van der Waals surface area contributed by atoms with Gasteiger partial charge in [0.05, 0.1) is 0 Å². The first-order valence-corrected chi connectivity index (χ1v) is 8.87. The first kappa shape index (κ1) is 18.1. The highest BCUT2D eigenvalue weighted by atomic mass is 35.5. The number of halogens is 2. The molecule has 1 aromatic heterocycles. The molecule has 0 spiro atoms. The Morgan fingerprint density at radius 1 is 0.923 bits per heavy atom. The van der Waals surface area contributed by atoms with Crippen molar-refractivity contribution in [2.45, 2.75) is 12.8 Å². The third-order valence-corrected chi connectivity index (χ3v) is 4.13. The summed E-state index contributed by atoms with van der Waals surface area (Å²) in [5.74, 6) is 1.08. The Morgan fingerprint density at radius 3 is 2.62 bits per heavy atom. The van der Waals surface area contributed by atoms with E-state index in [1.165, 1.54) is 11.6 Å². The first-order chi connectivity index (χ1) is 12.7. The molecule has 0 bridgehead atoms. The molecule has 134 valence electrons. The van der Waals surface area contributed by atoms with Crippen LogP contribution in [0.4, 0.5) is 16.2 Å². The lowest BCUT2D eigenvalue weighted by Gasteiger charge is -2.09. The molecule has 0 fully saturated rings. The molecule has 3 rings (SSSR count). The molecule has 4 nitrogen and oxygen atoms in total. The zero-order chi connectivity index (χ0) is 18.2. The number of anilines is 2. The van der Waals surface area contributed by atoms with Gasteiger partial charge in [0.25, 0.3) is 0 Å². The number of nitrogens with zero attached hydrogens (tertiary/aromatic N) is 2. The van der Waals surface area contributed by atoms with Crippen LogP contribution in [0.1, 0.15) is 11.1 Å². The summed E-state index contributed by atoms with van der Waals surface area (Å²) in [6.45, 7) is 1.30. The molecular formula is C20H20ClFN4. The highest BCUT2D eigenvalue weighted by Crippen LogP contribution is 2.12. The summed E-state index contributed by atoms with van der Waals surface area (Å²) in [7, 11) is 0. The summed E-state index contributed by atoms with van der Waals surface area (Å²) >= 11 is 5.99. The van der Waals surface area contributed by atoms with Gasteiger partial charge in [-0.2, -0.15) is 4.98 Å². The van der Waals surface area contributed by atoms with Crippen molar-refractivity contribution in [2.24, 2.45) is 0 Å². The van der Waals surface area contributed by atoms with E-state index in [9.17, 15) is 4.39 Å². The molecule has 0 aliphatic heterocycles. The Kier molecular flexibility index (Phi) is 6.39. The average Bonchev–Trinajstić information content (AvgIpc) is 2.64. The van der Waals surface area contributed by atoms with Crippen LogP contribution >= 0.6 is 11.6 Å². The maximum Gasteiger partial charge on any atom is 0.224 e.